The van der Waals surface area contributed by atoms with Gasteiger partial charge in [0.2, 0.25) is 0 Å². The Morgan fingerprint density at radius 3 is 2.27 bits per heavy atom. The molecule has 1 rings (SSSR count). The summed E-state index contributed by atoms with van der Waals surface area (Å²) in [6, 6.07) is 0. The Balaban J connectivity index is 2.51. The van der Waals surface area contributed by atoms with Gasteiger partial charge < -0.3 is 0 Å². The molecule has 11 heavy (non-hydrogen) atoms. The lowest BCUT2D eigenvalue weighted by molar-refractivity contribution is 0.454. The first-order valence-electron chi connectivity index (χ1n) is 3.24. The van der Waals surface area contributed by atoms with Crippen molar-refractivity contribution in [3.63, 3.8) is 0 Å². The standard InChI is InChI=1S/C5H10N2O3S/c1-4(11(8,9)10)3-5(2)6-7-5/h4H,3H2,1-2H3,(H,8,9,10). The summed E-state index contributed by atoms with van der Waals surface area (Å²) in [5.41, 5.74) is -0.560. The molecule has 1 N–H and O–H groups in total. The second-order valence-electron chi connectivity index (χ2n) is 2.95. The molecule has 0 fully saturated rings. The summed E-state index contributed by atoms with van der Waals surface area (Å²) in [5.74, 6) is 0. The first-order chi connectivity index (χ1) is 4.83. The Morgan fingerprint density at radius 1 is 1.55 bits per heavy atom. The minimum absolute atomic E-state index is 0.256. The van der Waals surface area contributed by atoms with Crippen LogP contribution in [-0.2, 0) is 10.1 Å². The van der Waals surface area contributed by atoms with Crippen molar-refractivity contribution in [3.8, 4) is 0 Å². The van der Waals surface area contributed by atoms with E-state index in [0.717, 1.165) is 0 Å². The molecular weight excluding hydrogens is 168 g/mol. The first-order valence-corrected chi connectivity index (χ1v) is 4.74. The van der Waals surface area contributed by atoms with Gasteiger partial charge in [-0.15, -0.1) is 0 Å². The van der Waals surface area contributed by atoms with Gasteiger partial charge in [0.25, 0.3) is 10.1 Å². The molecule has 64 valence electrons. The minimum atomic E-state index is -3.92. The number of rotatable bonds is 3. The Bertz CT molecular complexity index is 276. The highest BCUT2D eigenvalue weighted by atomic mass is 32.2. The van der Waals surface area contributed by atoms with Gasteiger partial charge in [0, 0.05) is 6.42 Å². The van der Waals surface area contributed by atoms with Gasteiger partial charge in [-0.2, -0.15) is 18.6 Å². The third-order valence-corrected chi connectivity index (χ3v) is 2.81. The topological polar surface area (TPSA) is 79.1 Å². The van der Waals surface area contributed by atoms with Crippen molar-refractivity contribution < 1.29 is 13.0 Å². The van der Waals surface area contributed by atoms with E-state index in [9.17, 15) is 8.42 Å². The van der Waals surface area contributed by atoms with Gasteiger partial charge in [-0.3, -0.25) is 4.55 Å². The Kier molecular flexibility index (Phi) is 1.76. The van der Waals surface area contributed by atoms with Gasteiger partial charge in [-0.1, -0.05) is 0 Å². The summed E-state index contributed by atoms with van der Waals surface area (Å²) in [7, 11) is -3.92. The van der Waals surface area contributed by atoms with Crippen LogP contribution in [0.15, 0.2) is 10.2 Å². The van der Waals surface area contributed by atoms with Crippen molar-refractivity contribution in [1.82, 2.24) is 0 Å². The zero-order valence-electron chi connectivity index (χ0n) is 6.35. The second kappa shape index (κ2) is 2.25. The van der Waals surface area contributed by atoms with E-state index in [-0.39, 0.29) is 6.42 Å². The SMILES string of the molecule is CC(CC1(C)N=N1)S(=O)(=O)O. The van der Waals surface area contributed by atoms with Crippen LogP contribution in [0, 0.1) is 0 Å². The summed E-state index contributed by atoms with van der Waals surface area (Å²) in [6.07, 6.45) is 0.256. The smallest absolute Gasteiger partial charge is 0.267 e. The predicted octanol–water partition coefficient (Wildman–Crippen LogP) is 0.835. The van der Waals surface area contributed by atoms with Crippen LogP contribution >= 0.6 is 0 Å². The highest BCUT2D eigenvalue weighted by molar-refractivity contribution is 7.86. The fourth-order valence-corrected chi connectivity index (χ4v) is 1.34. The predicted molar refractivity (Wildman–Crippen MR) is 38.9 cm³/mol. The van der Waals surface area contributed by atoms with Crippen LogP contribution in [0.2, 0.25) is 0 Å². The van der Waals surface area contributed by atoms with E-state index in [4.69, 9.17) is 4.55 Å². The van der Waals surface area contributed by atoms with Crippen LogP contribution in [0.1, 0.15) is 20.3 Å². The molecule has 0 aromatic heterocycles. The maximum Gasteiger partial charge on any atom is 0.267 e. The third kappa shape index (κ3) is 2.23. The van der Waals surface area contributed by atoms with Crippen molar-refractivity contribution in [2.45, 2.75) is 31.2 Å². The van der Waals surface area contributed by atoms with Gasteiger partial charge in [-0.25, -0.2) is 0 Å². The van der Waals surface area contributed by atoms with Crippen LogP contribution in [-0.4, -0.2) is 23.9 Å². The van der Waals surface area contributed by atoms with Crippen molar-refractivity contribution in [3.05, 3.63) is 0 Å². The lowest BCUT2D eigenvalue weighted by Gasteiger charge is -2.08. The number of hydrogen-bond donors (Lipinski definition) is 1. The molecule has 1 atom stereocenters. The molecule has 0 amide bonds. The molecule has 0 saturated heterocycles. The van der Waals surface area contributed by atoms with Gasteiger partial charge in [0.05, 0.1) is 5.25 Å². The van der Waals surface area contributed by atoms with Crippen LogP contribution < -0.4 is 0 Å². The molecule has 1 aliphatic rings. The zero-order chi connectivity index (χ0) is 8.70. The molecule has 5 nitrogen and oxygen atoms in total. The zero-order valence-corrected chi connectivity index (χ0v) is 7.17. The average molecular weight is 178 g/mol. The fourth-order valence-electron chi connectivity index (χ4n) is 0.817. The summed E-state index contributed by atoms with van der Waals surface area (Å²) >= 11 is 0. The van der Waals surface area contributed by atoms with Crippen LogP contribution in [0.3, 0.4) is 0 Å². The molecule has 0 aliphatic carbocycles. The molecule has 0 spiro atoms. The van der Waals surface area contributed by atoms with Crippen molar-refractivity contribution in [2.24, 2.45) is 10.2 Å². The summed E-state index contributed by atoms with van der Waals surface area (Å²) in [4.78, 5) is 0. The molecule has 0 radical (unpaired) electrons. The third-order valence-electron chi connectivity index (χ3n) is 1.62. The number of nitrogens with zero attached hydrogens (tertiary/aromatic N) is 2. The minimum Gasteiger partial charge on any atom is -0.285 e. The lowest BCUT2D eigenvalue weighted by atomic mass is 10.1. The van der Waals surface area contributed by atoms with E-state index in [1.807, 2.05) is 0 Å². The molecule has 1 heterocycles. The first kappa shape index (κ1) is 8.61. The van der Waals surface area contributed by atoms with Crippen molar-refractivity contribution in [1.29, 1.82) is 0 Å². The largest absolute Gasteiger partial charge is 0.285 e. The Labute approximate surface area is 65.3 Å². The normalized spacial score (nSPS) is 23.2. The molecule has 1 unspecified atom stereocenters. The van der Waals surface area contributed by atoms with Gasteiger partial charge >= 0.3 is 0 Å². The van der Waals surface area contributed by atoms with Gasteiger partial charge in [0.15, 0.2) is 5.66 Å². The van der Waals surface area contributed by atoms with Crippen LogP contribution in [0.4, 0.5) is 0 Å². The van der Waals surface area contributed by atoms with E-state index < -0.39 is 21.0 Å². The monoisotopic (exact) mass is 178 g/mol. The molecule has 0 aromatic carbocycles. The van der Waals surface area contributed by atoms with E-state index in [1.165, 1.54) is 6.92 Å². The maximum absolute atomic E-state index is 10.5. The fraction of sp³-hybridized carbons (Fsp3) is 1.00. The molecule has 0 aromatic rings. The van der Waals surface area contributed by atoms with Crippen LogP contribution in [0.25, 0.3) is 0 Å². The molecule has 1 aliphatic heterocycles. The number of hydrogen-bond acceptors (Lipinski definition) is 4. The lowest BCUT2D eigenvalue weighted by Crippen LogP contribution is -2.23. The highest BCUT2D eigenvalue weighted by Crippen LogP contribution is 2.33. The Morgan fingerprint density at radius 2 is 2.00 bits per heavy atom. The van der Waals surface area contributed by atoms with Crippen LogP contribution in [0.5, 0.6) is 0 Å². The Hall–Kier alpha value is -0.490. The summed E-state index contributed by atoms with van der Waals surface area (Å²) in [6.45, 7) is 3.15. The molecule has 0 saturated carbocycles. The van der Waals surface area contributed by atoms with E-state index >= 15 is 0 Å². The van der Waals surface area contributed by atoms with Gasteiger partial charge in [-0.05, 0) is 13.8 Å². The van der Waals surface area contributed by atoms with E-state index in [1.54, 1.807) is 6.92 Å². The molecule has 6 heteroatoms. The van der Waals surface area contributed by atoms with Crippen molar-refractivity contribution in [2.75, 3.05) is 0 Å². The van der Waals surface area contributed by atoms with E-state index in [0.29, 0.717) is 0 Å². The summed E-state index contributed by atoms with van der Waals surface area (Å²) in [5, 5.41) is 6.49. The van der Waals surface area contributed by atoms with Crippen molar-refractivity contribution >= 4 is 10.1 Å². The second-order valence-corrected chi connectivity index (χ2v) is 4.78. The quantitative estimate of drug-likeness (QED) is 0.650. The molecular formula is C5H10N2O3S. The molecule has 0 bridgehead atoms. The van der Waals surface area contributed by atoms with Gasteiger partial charge in [0.1, 0.15) is 0 Å². The summed E-state index contributed by atoms with van der Waals surface area (Å²) < 4.78 is 29.6. The average Bonchev–Trinajstić information content (AvgIpc) is 2.45. The highest BCUT2D eigenvalue weighted by Gasteiger charge is 2.38. The van der Waals surface area contributed by atoms with E-state index in [2.05, 4.69) is 10.2 Å². The maximum atomic E-state index is 10.5.